The minimum absolute atomic E-state index is 0.219. The van der Waals surface area contributed by atoms with Gasteiger partial charge in [-0.3, -0.25) is 19.2 Å². The number of Topliss-reactive ketones (excluding diaryl/α,β-unsaturated/α-hetero) is 1. The van der Waals surface area contributed by atoms with E-state index in [4.69, 9.17) is 0 Å². The first-order chi connectivity index (χ1) is 16.4. The molecule has 3 amide bonds. The molecule has 1 aliphatic rings. The largest absolute Gasteiger partial charge is 0.338 e. The van der Waals surface area contributed by atoms with E-state index in [1.54, 1.807) is 25.2 Å². The Morgan fingerprint density at radius 2 is 1.71 bits per heavy atom. The van der Waals surface area contributed by atoms with E-state index in [0.29, 0.717) is 11.4 Å². The van der Waals surface area contributed by atoms with Crippen LogP contribution in [0.15, 0.2) is 77.1 Å². The van der Waals surface area contributed by atoms with Gasteiger partial charge in [0, 0.05) is 18.2 Å². The number of thiophene rings is 1. The predicted molar refractivity (Wildman–Crippen MR) is 130 cm³/mol. The molecule has 8 nitrogen and oxygen atoms in total. The fourth-order valence-electron chi connectivity index (χ4n) is 3.53. The van der Waals surface area contributed by atoms with Gasteiger partial charge in [-0.1, -0.05) is 54.6 Å². The minimum atomic E-state index is -1.20. The van der Waals surface area contributed by atoms with Crippen LogP contribution in [0.5, 0.6) is 0 Å². The van der Waals surface area contributed by atoms with E-state index < -0.39 is 35.7 Å². The Hall–Kier alpha value is -4.11. The zero-order valence-electron chi connectivity index (χ0n) is 18.5. The average molecular weight is 475 g/mol. The highest BCUT2D eigenvalue weighted by atomic mass is 32.1. The Labute approximate surface area is 200 Å². The maximum absolute atomic E-state index is 13.2. The number of carbonyl (C=O) groups is 4. The molecule has 2 N–H and O–H groups in total. The number of hydrogen-bond acceptors (Lipinski definition) is 6. The summed E-state index contributed by atoms with van der Waals surface area (Å²) in [5, 5.41) is 6.91. The van der Waals surface area contributed by atoms with Crippen LogP contribution in [0, 0.1) is 0 Å². The fraction of sp³-hybridized carbons (Fsp3) is 0.160. The Morgan fingerprint density at radius 3 is 2.41 bits per heavy atom. The molecule has 2 heterocycles. The summed E-state index contributed by atoms with van der Waals surface area (Å²) in [6.07, 6.45) is -1.20. The maximum atomic E-state index is 13.2. The molecule has 0 bridgehead atoms. The second-order valence-electron chi connectivity index (χ2n) is 7.67. The average Bonchev–Trinajstić information content (AvgIpc) is 3.37. The van der Waals surface area contributed by atoms with Crippen LogP contribution in [-0.4, -0.2) is 48.5 Å². The standard InChI is InChI=1S/C25H22N4O4S/c1-15(26-24(32)21(30)16-9-4-3-5-10-16)23(31)28-22-25(33)29(2)18-12-7-6-11-17(18)20(27-22)19-13-8-14-34-19/h3-15,22H,1-2H3,(H,26,32)(H,28,31)/t15-,22?/m0/s1. The predicted octanol–water partition coefficient (Wildman–Crippen LogP) is 2.39. The first-order valence-corrected chi connectivity index (χ1v) is 11.4. The molecule has 0 spiro atoms. The van der Waals surface area contributed by atoms with E-state index >= 15 is 0 Å². The van der Waals surface area contributed by atoms with Gasteiger partial charge in [-0.15, -0.1) is 11.3 Å². The first kappa shape index (κ1) is 23.1. The van der Waals surface area contributed by atoms with E-state index in [9.17, 15) is 19.2 Å². The zero-order chi connectivity index (χ0) is 24.2. The van der Waals surface area contributed by atoms with Crippen LogP contribution in [-0.2, 0) is 14.4 Å². The van der Waals surface area contributed by atoms with Gasteiger partial charge in [-0.2, -0.15) is 0 Å². The molecule has 4 rings (SSSR count). The molecule has 2 aromatic carbocycles. The van der Waals surface area contributed by atoms with Crippen molar-refractivity contribution in [1.82, 2.24) is 10.6 Å². The highest BCUT2D eigenvalue weighted by molar-refractivity contribution is 7.12. The van der Waals surface area contributed by atoms with Crippen molar-refractivity contribution in [2.75, 3.05) is 11.9 Å². The number of likely N-dealkylation sites (N-methyl/N-ethyl adjacent to an activating group) is 1. The molecule has 1 unspecified atom stereocenters. The number of amides is 3. The number of hydrogen-bond donors (Lipinski definition) is 2. The summed E-state index contributed by atoms with van der Waals surface area (Å²) in [6.45, 7) is 1.44. The number of nitrogens with zero attached hydrogens (tertiary/aromatic N) is 2. The Bertz CT molecular complexity index is 1270. The maximum Gasteiger partial charge on any atom is 0.293 e. The second kappa shape index (κ2) is 9.80. The third kappa shape index (κ3) is 4.65. The van der Waals surface area contributed by atoms with Gasteiger partial charge in [0.05, 0.1) is 16.3 Å². The van der Waals surface area contributed by atoms with Crippen molar-refractivity contribution in [3.05, 3.63) is 88.1 Å². The van der Waals surface area contributed by atoms with E-state index in [1.165, 1.54) is 35.3 Å². The third-order valence-electron chi connectivity index (χ3n) is 5.36. The minimum Gasteiger partial charge on any atom is -0.338 e. The van der Waals surface area contributed by atoms with Crippen LogP contribution in [0.25, 0.3) is 0 Å². The molecule has 0 saturated carbocycles. The monoisotopic (exact) mass is 474 g/mol. The molecule has 0 radical (unpaired) electrons. The molecule has 3 aromatic rings. The molecule has 34 heavy (non-hydrogen) atoms. The summed E-state index contributed by atoms with van der Waals surface area (Å²) in [4.78, 5) is 57.6. The van der Waals surface area contributed by atoms with Crippen molar-refractivity contribution in [2.24, 2.45) is 4.99 Å². The quantitative estimate of drug-likeness (QED) is 0.422. The van der Waals surface area contributed by atoms with Crippen molar-refractivity contribution in [3.63, 3.8) is 0 Å². The Morgan fingerprint density at radius 1 is 1.00 bits per heavy atom. The lowest BCUT2D eigenvalue weighted by atomic mass is 10.1. The molecule has 0 aliphatic carbocycles. The summed E-state index contributed by atoms with van der Waals surface area (Å²) in [5.74, 6) is -2.72. The molecule has 1 aromatic heterocycles. The van der Waals surface area contributed by atoms with Crippen LogP contribution in [0.4, 0.5) is 5.69 Å². The van der Waals surface area contributed by atoms with E-state index in [-0.39, 0.29) is 5.56 Å². The Balaban J connectivity index is 1.55. The van der Waals surface area contributed by atoms with Gasteiger partial charge in [0.2, 0.25) is 17.9 Å². The summed E-state index contributed by atoms with van der Waals surface area (Å²) < 4.78 is 0. The zero-order valence-corrected chi connectivity index (χ0v) is 19.3. The van der Waals surface area contributed by atoms with Crippen LogP contribution in [0.2, 0.25) is 0 Å². The first-order valence-electron chi connectivity index (χ1n) is 10.6. The number of benzodiazepines with no additional fused rings is 1. The number of rotatable bonds is 6. The molecule has 1 aliphatic heterocycles. The Kier molecular flexibility index (Phi) is 6.65. The van der Waals surface area contributed by atoms with Crippen LogP contribution < -0.4 is 15.5 Å². The highest BCUT2D eigenvalue weighted by Gasteiger charge is 2.32. The van der Waals surface area contributed by atoms with Gasteiger partial charge in [-0.25, -0.2) is 4.99 Å². The normalized spacial score (nSPS) is 16.1. The number of ketones is 1. The van der Waals surface area contributed by atoms with E-state index in [2.05, 4.69) is 15.6 Å². The van der Waals surface area contributed by atoms with Gasteiger partial charge in [0.15, 0.2) is 0 Å². The van der Waals surface area contributed by atoms with Gasteiger partial charge in [0.25, 0.3) is 11.8 Å². The lowest BCUT2D eigenvalue weighted by Crippen LogP contribution is -2.53. The highest BCUT2D eigenvalue weighted by Crippen LogP contribution is 2.28. The van der Waals surface area contributed by atoms with Crippen molar-refractivity contribution in [3.8, 4) is 0 Å². The molecule has 2 atom stereocenters. The topological polar surface area (TPSA) is 108 Å². The third-order valence-corrected chi connectivity index (χ3v) is 6.24. The number of nitrogens with one attached hydrogen (secondary N) is 2. The summed E-state index contributed by atoms with van der Waals surface area (Å²) in [5.41, 5.74) is 2.25. The fourth-order valence-corrected chi connectivity index (χ4v) is 4.27. The van der Waals surface area contributed by atoms with Crippen LogP contribution in [0.1, 0.15) is 27.7 Å². The molecule has 0 saturated heterocycles. The molecule has 9 heteroatoms. The van der Waals surface area contributed by atoms with Crippen LogP contribution >= 0.6 is 11.3 Å². The summed E-state index contributed by atoms with van der Waals surface area (Å²) in [6, 6.07) is 18.2. The SMILES string of the molecule is C[C@H](NC(=O)C(=O)c1ccccc1)C(=O)NC1N=C(c2cccs2)c2ccccc2N(C)C1=O. The number of carbonyl (C=O) groups excluding carboxylic acids is 4. The molecular formula is C25H22N4O4S. The second-order valence-corrected chi connectivity index (χ2v) is 8.62. The van der Waals surface area contributed by atoms with Gasteiger partial charge in [0.1, 0.15) is 6.04 Å². The number of anilines is 1. The van der Waals surface area contributed by atoms with Crippen molar-refractivity contribution in [2.45, 2.75) is 19.1 Å². The van der Waals surface area contributed by atoms with Crippen molar-refractivity contribution < 1.29 is 19.2 Å². The lowest BCUT2D eigenvalue weighted by Gasteiger charge is -2.22. The number of para-hydroxylation sites is 1. The smallest absolute Gasteiger partial charge is 0.293 e. The number of benzene rings is 2. The molecule has 0 fully saturated rings. The van der Waals surface area contributed by atoms with Crippen LogP contribution in [0.3, 0.4) is 0 Å². The number of aliphatic imine (C=N–C) groups is 1. The number of fused-ring (bicyclic) bond motifs is 1. The van der Waals surface area contributed by atoms with Gasteiger partial charge < -0.3 is 15.5 Å². The summed E-state index contributed by atoms with van der Waals surface area (Å²) in [7, 11) is 1.62. The van der Waals surface area contributed by atoms with Crippen molar-refractivity contribution in [1.29, 1.82) is 0 Å². The van der Waals surface area contributed by atoms with Gasteiger partial charge in [-0.05, 0) is 24.4 Å². The van der Waals surface area contributed by atoms with Gasteiger partial charge >= 0.3 is 0 Å². The van der Waals surface area contributed by atoms with E-state index in [0.717, 1.165) is 10.4 Å². The van der Waals surface area contributed by atoms with Crippen molar-refractivity contribution >= 4 is 46.2 Å². The molecule has 172 valence electrons. The summed E-state index contributed by atoms with van der Waals surface area (Å²) >= 11 is 1.47. The van der Waals surface area contributed by atoms with E-state index in [1.807, 2.05) is 41.8 Å². The lowest BCUT2D eigenvalue weighted by molar-refractivity contribution is -0.129. The molecular weight excluding hydrogens is 452 g/mol.